The molecule has 3 aromatic rings. The molecule has 1 aliphatic heterocycles. The molecule has 1 aromatic heterocycles. The smallest absolute Gasteiger partial charge is 0.387 e. The number of carbonyl (C=O) groups excluding carboxylic acids is 1. The number of nitrogens with zero attached hydrogens (tertiary/aromatic N) is 4. The SMILES string of the molecule is O=C(c1cccc(OC(F)F)c1)N1CCN(c2cnn(-c3ccccc3)c(=O)c2Cl)CC1. The summed E-state index contributed by atoms with van der Waals surface area (Å²) in [7, 11) is 0. The van der Waals surface area contributed by atoms with Gasteiger partial charge in [-0.25, -0.2) is 0 Å². The molecule has 1 saturated heterocycles. The van der Waals surface area contributed by atoms with Crippen LogP contribution in [0.25, 0.3) is 5.69 Å². The van der Waals surface area contributed by atoms with E-state index in [1.807, 2.05) is 11.0 Å². The van der Waals surface area contributed by atoms with Gasteiger partial charge in [-0.3, -0.25) is 9.59 Å². The lowest BCUT2D eigenvalue weighted by molar-refractivity contribution is -0.0499. The molecule has 7 nitrogen and oxygen atoms in total. The van der Waals surface area contributed by atoms with Gasteiger partial charge in [0.2, 0.25) is 0 Å². The molecule has 0 aliphatic carbocycles. The molecule has 0 bridgehead atoms. The topological polar surface area (TPSA) is 67.7 Å². The highest BCUT2D eigenvalue weighted by Gasteiger charge is 2.25. The summed E-state index contributed by atoms with van der Waals surface area (Å²) in [5.41, 5.74) is 0.953. The number of piperazine rings is 1. The molecule has 166 valence electrons. The normalized spacial score (nSPS) is 14.0. The zero-order valence-electron chi connectivity index (χ0n) is 16.8. The minimum Gasteiger partial charge on any atom is -0.435 e. The number of hydrogen-bond acceptors (Lipinski definition) is 5. The second-order valence-electron chi connectivity index (χ2n) is 7.08. The number of amides is 1. The van der Waals surface area contributed by atoms with E-state index in [1.54, 1.807) is 41.4 Å². The van der Waals surface area contributed by atoms with Crippen molar-refractivity contribution in [2.24, 2.45) is 0 Å². The summed E-state index contributed by atoms with van der Waals surface area (Å²) in [4.78, 5) is 29.0. The van der Waals surface area contributed by atoms with Gasteiger partial charge in [0.15, 0.2) is 0 Å². The van der Waals surface area contributed by atoms with Crippen molar-refractivity contribution in [2.45, 2.75) is 6.61 Å². The summed E-state index contributed by atoms with van der Waals surface area (Å²) in [6.07, 6.45) is 1.54. The molecule has 0 N–H and O–H groups in total. The first-order chi connectivity index (χ1) is 15.4. The Bertz CT molecular complexity index is 1170. The molecule has 1 amide bonds. The summed E-state index contributed by atoms with van der Waals surface area (Å²) in [5.74, 6) is -0.352. The van der Waals surface area contributed by atoms with Crippen LogP contribution in [0.4, 0.5) is 14.5 Å². The van der Waals surface area contributed by atoms with E-state index in [2.05, 4.69) is 9.84 Å². The lowest BCUT2D eigenvalue weighted by atomic mass is 10.1. The van der Waals surface area contributed by atoms with Gasteiger partial charge in [-0.2, -0.15) is 18.6 Å². The minimum absolute atomic E-state index is 0.0560. The fourth-order valence-electron chi connectivity index (χ4n) is 3.54. The van der Waals surface area contributed by atoms with Crippen LogP contribution in [0.15, 0.2) is 65.6 Å². The van der Waals surface area contributed by atoms with E-state index in [1.165, 1.54) is 22.9 Å². The molecular weight excluding hydrogens is 442 g/mol. The van der Waals surface area contributed by atoms with Crippen molar-refractivity contribution in [3.05, 3.63) is 81.7 Å². The highest BCUT2D eigenvalue weighted by atomic mass is 35.5. The van der Waals surface area contributed by atoms with Crippen LogP contribution in [0.3, 0.4) is 0 Å². The van der Waals surface area contributed by atoms with Gasteiger partial charge in [-0.1, -0.05) is 35.9 Å². The highest BCUT2D eigenvalue weighted by molar-refractivity contribution is 6.33. The van der Waals surface area contributed by atoms with Crippen molar-refractivity contribution < 1.29 is 18.3 Å². The summed E-state index contributed by atoms with van der Waals surface area (Å²) in [5, 5.41) is 4.30. The van der Waals surface area contributed by atoms with Gasteiger partial charge >= 0.3 is 6.61 Å². The average Bonchev–Trinajstić information content (AvgIpc) is 2.81. The quantitative estimate of drug-likeness (QED) is 0.583. The Morgan fingerprint density at radius 1 is 1.03 bits per heavy atom. The maximum Gasteiger partial charge on any atom is 0.387 e. The van der Waals surface area contributed by atoms with Crippen LogP contribution in [0.2, 0.25) is 5.02 Å². The number of alkyl halides is 2. The van der Waals surface area contributed by atoms with E-state index >= 15 is 0 Å². The molecule has 0 unspecified atom stereocenters. The molecule has 1 fully saturated rings. The van der Waals surface area contributed by atoms with E-state index in [0.29, 0.717) is 37.6 Å². The molecule has 0 spiro atoms. The molecule has 32 heavy (non-hydrogen) atoms. The number of rotatable bonds is 5. The monoisotopic (exact) mass is 460 g/mol. The molecule has 1 aliphatic rings. The summed E-state index contributed by atoms with van der Waals surface area (Å²) in [6.45, 7) is -1.34. The molecule has 4 rings (SSSR count). The summed E-state index contributed by atoms with van der Waals surface area (Å²) >= 11 is 6.36. The van der Waals surface area contributed by atoms with E-state index in [0.717, 1.165) is 0 Å². The lowest BCUT2D eigenvalue weighted by Gasteiger charge is -2.36. The van der Waals surface area contributed by atoms with Gasteiger partial charge in [-0.05, 0) is 30.3 Å². The minimum atomic E-state index is -2.96. The third-order valence-corrected chi connectivity index (χ3v) is 5.47. The maximum absolute atomic E-state index is 12.8. The van der Waals surface area contributed by atoms with Crippen LogP contribution >= 0.6 is 11.6 Å². The number of aromatic nitrogens is 2. The van der Waals surface area contributed by atoms with Gasteiger partial charge in [0.1, 0.15) is 10.8 Å². The maximum atomic E-state index is 12.8. The highest BCUT2D eigenvalue weighted by Crippen LogP contribution is 2.24. The Labute approximate surface area is 187 Å². The molecular formula is C22H19ClF2N4O3. The van der Waals surface area contributed by atoms with Crippen LogP contribution in [-0.4, -0.2) is 53.4 Å². The predicted octanol–water partition coefficient (Wildman–Crippen LogP) is 3.45. The Morgan fingerprint density at radius 2 is 1.75 bits per heavy atom. The molecule has 0 atom stereocenters. The average molecular weight is 461 g/mol. The molecule has 0 radical (unpaired) electrons. The van der Waals surface area contributed by atoms with Gasteiger partial charge in [0.25, 0.3) is 11.5 Å². The van der Waals surface area contributed by atoms with Gasteiger partial charge in [0.05, 0.1) is 17.6 Å². The number of ether oxygens (including phenoxy) is 1. The van der Waals surface area contributed by atoms with Crippen LogP contribution in [0.1, 0.15) is 10.4 Å². The van der Waals surface area contributed by atoms with E-state index < -0.39 is 12.2 Å². The van der Waals surface area contributed by atoms with E-state index in [4.69, 9.17) is 11.6 Å². The number of halogens is 3. The number of carbonyl (C=O) groups is 1. The zero-order chi connectivity index (χ0) is 22.7. The van der Waals surface area contributed by atoms with Crippen molar-refractivity contribution in [3.63, 3.8) is 0 Å². The zero-order valence-corrected chi connectivity index (χ0v) is 17.6. The van der Waals surface area contributed by atoms with Crippen LogP contribution < -0.4 is 15.2 Å². The first kappa shape index (κ1) is 21.8. The van der Waals surface area contributed by atoms with Crippen molar-refractivity contribution in [3.8, 4) is 11.4 Å². The van der Waals surface area contributed by atoms with Crippen molar-refractivity contribution in [1.82, 2.24) is 14.7 Å². The van der Waals surface area contributed by atoms with Gasteiger partial charge in [-0.15, -0.1) is 0 Å². The summed E-state index contributed by atoms with van der Waals surface area (Å²) < 4.78 is 30.5. The Kier molecular flexibility index (Phi) is 6.36. The second kappa shape index (κ2) is 9.35. The lowest BCUT2D eigenvalue weighted by Crippen LogP contribution is -2.49. The summed E-state index contributed by atoms with van der Waals surface area (Å²) in [6, 6.07) is 14.7. The third kappa shape index (κ3) is 4.57. The molecule has 2 heterocycles. The van der Waals surface area contributed by atoms with Gasteiger partial charge in [0, 0.05) is 31.7 Å². The molecule has 2 aromatic carbocycles. The molecule has 10 heteroatoms. The number of anilines is 1. The number of benzene rings is 2. The van der Waals surface area contributed by atoms with Crippen molar-refractivity contribution in [2.75, 3.05) is 31.1 Å². The van der Waals surface area contributed by atoms with Gasteiger partial charge < -0.3 is 14.5 Å². The van der Waals surface area contributed by atoms with E-state index in [-0.39, 0.29) is 22.2 Å². The Morgan fingerprint density at radius 3 is 2.44 bits per heavy atom. The predicted molar refractivity (Wildman–Crippen MR) is 116 cm³/mol. The number of para-hydroxylation sites is 1. The van der Waals surface area contributed by atoms with E-state index in [9.17, 15) is 18.4 Å². The number of hydrogen-bond donors (Lipinski definition) is 0. The van der Waals surface area contributed by atoms with Crippen LogP contribution in [-0.2, 0) is 0 Å². The Hall–Kier alpha value is -3.46. The fraction of sp³-hybridized carbons (Fsp3) is 0.227. The first-order valence-corrected chi connectivity index (χ1v) is 10.2. The third-order valence-electron chi connectivity index (χ3n) is 5.11. The van der Waals surface area contributed by atoms with Crippen molar-refractivity contribution in [1.29, 1.82) is 0 Å². The van der Waals surface area contributed by atoms with Crippen LogP contribution in [0, 0.1) is 0 Å². The Balaban J connectivity index is 1.45. The van der Waals surface area contributed by atoms with Crippen LogP contribution in [0.5, 0.6) is 5.75 Å². The standard InChI is InChI=1S/C22H19ClF2N4O3/c23-19-18(14-26-29(21(19)31)16-6-2-1-3-7-16)27-9-11-28(12-10-27)20(30)15-5-4-8-17(13-15)32-22(24)25/h1-8,13-14,22H,9-12H2. The molecule has 0 saturated carbocycles. The first-order valence-electron chi connectivity index (χ1n) is 9.86. The van der Waals surface area contributed by atoms with Crippen molar-refractivity contribution >= 4 is 23.2 Å². The largest absolute Gasteiger partial charge is 0.435 e. The second-order valence-corrected chi connectivity index (χ2v) is 7.46. The fourth-order valence-corrected chi connectivity index (χ4v) is 3.78.